The van der Waals surface area contributed by atoms with Gasteiger partial charge in [0.25, 0.3) is 0 Å². The van der Waals surface area contributed by atoms with Crippen molar-refractivity contribution in [3.8, 4) is 5.75 Å². The summed E-state index contributed by atoms with van der Waals surface area (Å²) in [5.41, 5.74) is 1.34. The molecule has 3 nitrogen and oxygen atoms in total. The lowest BCUT2D eigenvalue weighted by Gasteiger charge is -2.31. The van der Waals surface area contributed by atoms with Crippen LogP contribution in [0.3, 0.4) is 0 Å². The lowest BCUT2D eigenvalue weighted by atomic mass is 9.87. The largest absolute Gasteiger partial charge is 0.497 e. The second kappa shape index (κ2) is 7.51. The Balaban J connectivity index is 2.01. The first kappa shape index (κ1) is 14.4. The van der Waals surface area contributed by atoms with E-state index in [1.54, 1.807) is 7.11 Å². The highest BCUT2D eigenvalue weighted by Gasteiger charge is 2.23. The van der Waals surface area contributed by atoms with Crippen LogP contribution in [0.1, 0.15) is 25.3 Å². The third kappa shape index (κ3) is 4.22. The van der Waals surface area contributed by atoms with E-state index in [1.807, 2.05) is 6.07 Å². The van der Waals surface area contributed by atoms with Gasteiger partial charge in [-0.05, 0) is 49.4 Å². The molecule has 19 heavy (non-hydrogen) atoms. The normalized spacial score (nSPS) is 18.2. The fourth-order valence-corrected chi connectivity index (χ4v) is 2.84. The van der Waals surface area contributed by atoms with Gasteiger partial charge in [-0.15, -0.1) is 0 Å². The van der Waals surface area contributed by atoms with Crippen molar-refractivity contribution in [2.75, 3.05) is 26.9 Å². The van der Waals surface area contributed by atoms with Crippen LogP contribution in [0, 0.1) is 5.92 Å². The maximum atomic E-state index is 5.47. The van der Waals surface area contributed by atoms with Gasteiger partial charge in [0.15, 0.2) is 0 Å². The van der Waals surface area contributed by atoms with Gasteiger partial charge < -0.3 is 14.8 Å². The Bertz CT molecular complexity index is 375. The van der Waals surface area contributed by atoms with E-state index >= 15 is 0 Å². The Labute approximate surface area is 116 Å². The van der Waals surface area contributed by atoms with E-state index in [4.69, 9.17) is 9.47 Å². The molecule has 106 valence electrons. The molecule has 0 aliphatic carbocycles. The van der Waals surface area contributed by atoms with Crippen LogP contribution in [0.2, 0.25) is 0 Å². The number of rotatable bonds is 6. The van der Waals surface area contributed by atoms with E-state index in [9.17, 15) is 0 Å². The summed E-state index contributed by atoms with van der Waals surface area (Å²) in [6.07, 6.45) is 3.40. The second-order valence-corrected chi connectivity index (χ2v) is 5.17. The molecular formula is C16H25NO2. The summed E-state index contributed by atoms with van der Waals surface area (Å²) in [4.78, 5) is 0. The number of hydrogen-bond donors (Lipinski definition) is 1. The van der Waals surface area contributed by atoms with Gasteiger partial charge in [-0.1, -0.05) is 19.1 Å². The lowest BCUT2D eigenvalue weighted by molar-refractivity contribution is 0.0540. The van der Waals surface area contributed by atoms with Gasteiger partial charge in [0.2, 0.25) is 0 Å². The first-order valence-corrected chi connectivity index (χ1v) is 7.27. The quantitative estimate of drug-likeness (QED) is 0.856. The van der Waals surface area contributed by atoms with Crippen molar-refractivity contribution in [2.24, 2.45) is 5.92 Å². The monoisotopic (exact) mass is 263 g/mol. The number of hydrogen-bond acceptors (Lipinski definition) is 3. The van der Waals surface area contributed by atoms with Crippen LogP contribution in [0.4, 0.5) is 0 Å². The van der Waals surface area contributed by atoms with Crippen molar-refractivity contribution in [2.45, 2.75) is 32.2 Å². The fraction of sp³-hybridized carbons (Fsp3) is 0.625. The maximum absolute atomic E-state index is 5.47. The lowest BCUT2D eigenvalue weighted by Crippen LogP contribution is -2.40. The minimum Gasteiger partial charge on any atom is -0.497 e. The molecular weight excluding hydrogens is 238 g/mol. The van der Waals surface area contributed by atoms with Crippen molar-refractivity contribution < 1.29 is 9.47 Å². The number of benzene rings is 1. The summed E-state index contributed by atoms with van der Waals surface area (Å²) in [7, 11) is 1.72. The summed E-state index contributed by atoms with van der Waals surface area (Å²) < 4.78 is 10.8. The highest BCUT2D eigenvalue weighted by atomic mass is 16.5. The topological polar surface area (TPSA) is 30.5 Å². The zero-order valence-corrected chi connectivity index (χ0v) is 12.0. The van der Waals surface area contributed by atoms with Gasteiger partial charge >= 0.3 is 0 Å². The predicted octanol–water partition coefficient (Wildman–Crippen LogP) is 2.64. The summed E-state index contributed by atoms with van der Waals surface area (Å²) in [6.45, 7) is 5.01. The number of ether oxygens (including phenoxy) is 2. The van der Waals surface area contributed by atoms with Crippen LogP contribution in [-0.4, -0.2) is 32.9 Å². The average Bonchev–Trinajstić information content (AvgIpc) is 2.48. The van der Waals surface area contributed by atoms with Crippen molar-refractivity contribution >= 4 is 0 Å². The zero-order chi connectivity index (χ0) is 13.5. The molecule has 1 aromatic carbocycles. The van der Waals surface area contributed by atoms with Crippen LogP contribution < -0.4 is 10.1 Å². The smallest absolute Gasteiger partial charge is 0.119 e. The number of likely N-dealkylation sites (N-methyl/N-ethyl adjacent to an activating group) is 1. The molecule has 0 bridgehead atoms. The molecule has 1 heterocycles. The minimum atomic E-state index is 0.543. The molecule has 0 saturated carbocycles. The molecule has 1 fully saturated rings. The van der Waals surface area contributed by atoms with E-state index < -0.39 is 0 Å². The molecule has 1 saturated heterocycles. The predicted molar refractivity (Wildman–Crippen MR) is 77.7 cm³/mol. The molecule has 1 aliphatic rings. The molecule has 1 atom stereocenters. The van der Waals surface area contributed by atoms with E-state index in [0.717, 1.165) is 37.8 Å². The number of nitrogens with one attached hydrogen (secondary N) is 1. The molecule has 3 heteroatoms. The van der Waals surface area contributed by atoms with Gasteiger partial charge in [-0.3, -0.25) is 0 Å². The highest BCUT2D eigenvalue weighted by Crippen LogP contribution is 2.23. The van der Waals surface area contributed by atoms with Crippen LogP contribution in [0.5, 0.6) is 5.75 Å². The molecule has 1 aromatic rings. The summed E-state index contributed by atoms with van der Waals surface area (Å²) in [5, 5.41) is 3.64. The molecule has 0 amide bonds. The van der Waals surface area contributed by atoms with Crippen LogP contribution in [-0.2, 0) is 11.2 Å². The second-order valence-electron chi connectivity index (χ2n) is 5.17. The van der Waals surface area contributed by atoms with E-state index in [1.165, 1.54) is 18.4 Å². The Hall–Kier alpha value is -1.06. The fourth-order valence-electron chi connectivity index (χ4n) is 2.84. The first-order valence-electron chi connectivity index (χ1n) is 7.27. The third-order valence-corrected chi connectivity index (χ3v) is 3.89. The van der Waals surface area contributed by atoms with Crippen molar-refractivity contribution in [1.29, 1.82) is 0 Å². The Morgan fingerprint density at radius 2 is 2.16 bits per heavy atom. The summed E-state index contributed by atoms with van der Waals surface area (Å²) in [5.74, 6) is 1.67. The van der Waals surface area contributed by atoms with Crippen LogP contribution in [0.25, 0.3) is 0 Å². The Morgan fingerprint density at radius 1 is 1.37 bits per heavy atom. The van der Waals surface area contributed by atoms with Crippen molar-refractivity contribution in [3.05, 3.63) is 29.8 Å². The van der Waals surface area contributed by atoms with Gasteiger partial charge in [-0.2, -0.15) is 0 Å². The molecule has 0 aromatic heterocycles. The first-order chi connectivity index (χ1) is 9.33. The summed E-state index contributed by atoms with van der Waals surface area (Å²) >= 11 is 0. The molecule has 0 radical (unpaired) electrons. The molecule has 1 unspecified atom stereocenters. The van der Waals surface area contributed by atoms with E-state index in [2.05, 4.69) is 30.4 Å². The van der Waals surface area contributed by atoms with Crippen molar-refractivity contribution in [1.82, 2.24) is 5.32 Å². The SMILES string of the molecule is CCNC(Cc1cccc(OC)c1)C1CCOCC1. The van der Waals surface area contributed by atoms with E-state index in [0.29, 0.717) is 6.04 Å². The Kier molecular flexibility index (Phi) is 5.67. The Morgan fingerprint density at radius 3 is 2.84 bits per heavy atom. The van der Waals surface area contributed by atoms with Crippen molar-refractivity contribution in [3.63, 3.8) is 0 Å². The minimum absolute atomic E-state index is 0.543. The molecule has 1 N–H and O–H groups in total. The standard InChI is InChI=1S/C16H25NO2/c1-3-17-16(14-7-9-19-10-8-14)12-13-5-4-6-15(11-13)18-2/h4-6,11,14,16-17H,3,7-10,12H2,1-2H3. The maximum Gasteiger partial charge on any atom is 0.119 e. The zero-order valence-electron chi connectivity index (χ0n) is 12.0. The number of methoxy groups -OCH3 is 1. The van der Waals surface area contributed by atoms with Gasteiger partial charge in [0.1, 0.15) is 5.75 Å². The average molecular weight is 263 g/mol. The van der Waals surface area contributed by atoms with Crippen LogP contribution >= 0.6 is 0 Å². The molecule has 0 spiro atoms. The van der Waals surface area contributed by atoms with Gasteiger partial charge in [0.05, 0.1) is 7.11 Å². The third-order valence-electron chi connectivity index (χ3n) is 3.89. The van der Waals surface area contributed by atoms with Crippen LogP contribution in [0.15, 0.2) is 24.3 Å². The molecule has 2 rings (SSSR count). The highest BCUT2D eigenvalue weighted by molar-refractivity contribution is 5.29. The van der Waals surface area contributed by atoms with Gasteiger partial charge in [0, 0.05) is 19.3 Å². The molecule has 1 aliphatic heterocycles. The van der Waals surface area contributed by atoms with Gasteiger partial charge in [-0.25, -0.2) is 0 Å². The summed E-state index contributed by atoms with van der Waals surface area (Å²) in [6, 6.07) is 8.94. The van der Waals surface area contributed by atoms with E-state index in [-0.39, 0.29) is 0 Å².